The summed E-state index contributed by atoms with van der Waals surface area (Å²) < 4.78 is 0. The molecule has 102 valence electrons. The minimum atomic E-state index is 0.348. The van der Waals surface area contributed by atoms with Crippen molar-refractivity contribution in [1.29, 1.82) is 0 Å². The lowest BCUT2D eigenvalue weighted by Gasteiger charge is -2.34. The van der Waals surface area contributed by atoms with Crippen LogP contribution in [0.3, 0.4) is 0 Å². The summed E-state index contributed by atoms with van der Waals surface area (Å²) in [5.74, 6) is 0. The van der Waals surface area contributed by atoms with Crippen LogP contribution in [0.2, 0.25) is 0 Å². The van der Waals surface area contributed by atoms with Crippen molar-refractivity contribution >= 4 is 22.7 Å². The third-order valence-corrected chi connectivity index (χ3v) is 5.88. The molecule has 4 heteroatoms. The first-order chi connectivity index (χ1) is 9.09. The molecule has 2 heterocycles. The van der Waals surface area contributed by atoms with E-state index in [0.717, 1.165) is 13.0 Å². The molecule has 0 radical (unpaired) electrons. The van der Waals surface area contributed by atoms with Gasteiger partial charge in [-0.3, -0.25) is 0 Å². The third kappa shape index (κ3) is 2.62. The van der Waals surface area contributed by atoms with Gasteiger partial charge >= 0.3 is 0 Å². The van der Waals surface area contributed by atoms with Crippen LogP contribution in [-0.4, -0.2) is 11.5 Å². The Morgan fingerprint density at radius 3 is 3.00 bits per heavy atom. The van der Waals surface area contributed by atoms with Crippen LogP contribution < -0.4 is 5.32 Å². The average molecular weight is 292 g/mol. The van der Waals surface area contributed by atoms with Crippen LogP contribution in [0.1, 0.15) is 43.8 Å². The molecule has 0 aliphatic heterocycles. The monoisotopic (exact) mass is 292 g/mol. The first-order valence-corrected chi connectivity index (χ1v) is 8.55. The molecule has 1 aliphatic carbocycles. The fourth-order valence-electron chi connectivity index (χ4n) is 2.85. The Morgan fingerprint density at radius 1 is 1.47 bits per heavy atom. The average Bonchev–Trinajstić information content (AvgIpc) is 2.94. The molecule has 0 saturated carbocycles. The van der Waals surface area contributed by atoms with Crippen LogP contribution in [0.4, 0.5) is 0 Å². The van der Waals surface area contributed by atoms with Gasteiger partial charge in [0.2, 0.25) is 0 Å². The second-order valence-electron chi connectivity index (χ2n) is 5.96. The molecule has 2 aromatic rings. The summed E-state index contributed by atoms with van der Waals surface area (Å²) in [5.41, 5.74) is 1.66. The Hall–Kier alpha value is -0.710. The van der Waals surface area contributed by atoms with Gasteiger partial charge in [0.25, 0.3) is 0 Å². The summed E-state index contributed by atoms with van der Waals surface area (Å²) >= 11 is 3.66. The van der Waals surface area contributed by atoms with E-state index in [1.54, 1.807) is 11.3 Å². The number of rotatable bonds is 3. The van der Waals surface area contributed by atoms with Gasteiger partial charge in [-0.2, -0.15) is 0 Å². The molecule has 19 heavy (non-hydrogen) atoms. The number of hydrogen-bond donors (Lipinski definition) is 1. The minimum Gasteiger partial charge on any atom is -0.309 e. The molecule has 0 bridgehead atoms. The van der Waals surface area contributed by atoms with Gasteiger partial charge in [0.15, 0.2) is 0 Å². The molecular formula is C15H20N2S2. The Labute approximate surface area is 122 Å². The number of fused-ring (bicyclic) bond motifs is 1. The lowest BCUT2D eigenvalue weighted by Crippen LogP contribution is -2.32. The number of thiazole rings is 1. The molecule has 1 aliphatic rings. The number of aromatic nitrogens is 1. The van der Waals surface area contributed by atoms with Gasteiger partial charge in [-0.25, -0.2) is 4.98 Å². The van der Waals surface area contributed by atoms with Gasteiger partial charge in [0, 0.05) is 10.9 Å². The smallest absolute Gasteiger partial charge is 0.133 e. The van der Waals surface area contributed by atoms with E-state index >= 15 is 0 Å². The molecule has 2 nitrogen and oxygen atoms in total. The second-order valence-corrected chi connectivity index (χ2v) is 7.94. The van der Waals surface area contributed by atoms with Crippen LogP contribution in [0.15, 0.2) is 17.5 Å². The highest BCUT2D eigenvalue weighted by Gasteiger charge is 2.34. The van der Waals surface area contributed by atoms with Crippen molar-refractivity contribution in [3.8, 4) is 9.88 Å². The van der Waals surface area contributed by atoms with Gasteiger partial charge in [-0.15, -0.1) is 22.7 Å². The molecule has 0 saturated heterocycles. The van der Waals surface area contributed by atoms with Crippen LogP contribution in [-0.2, 0) is 6.42 Å². The summed E-state index contributed by atoms with van der Waals surface area (Å²) in [5, 5.41) is 6.95. The summed E-state index contributed by atoms with van der Waals surface area (Å²) in [6.45, 7) is 7.91. The molecule has 2 aromatic heterocycles. The van der Waals surface area contributed by atoms with Crippen molar-refractivity contribution in [1.82, 2.24) is 10.3 Å². The Balaban J connectivity index is 2.00. The molecule has 0 spiro atoms. The van der Waals surface area contributed by atoms with Crippen LogP contribution in [0, 0.1) is 5.41 Å². The van der Waals surface area contributed by atoms with Crippen LogP contribution in [0.25, 0.3) is 9.88 Å². The third-order valence-electron chi connectivity index (χ3n) is 3.63. The van der Waals surface area contributed by atoms with Gasteiger partial charge in [-0.1, -0.05) is 26.8 Å². The predicted octanol–water partition coefficient (Wildman–Crippen LogP) is 4.49. The van der Waals surface area contributed by atoms with Crippen LogP contribution in [0.5, 0.6) is 0 Å². The van der Waals surface area contributed by atoms with Crippen molar-refractivity contribution < 1.29 is 0 Å². The Kier molecular flexibility index (Phi) is 3.50. The molecule has 0 aromatic carbocycles. The van der Waals surface area contributed by atoms with Gasteiger partial charge in [0.1, 0.15) is 5.01 Å². The Morgan fingerprint density at radius 2 is 2.32 bits per heavy atom. The maximum Gasteiger partial charge on any atom is 0.133 e. The Bertz CT molecular complexity index is 555. The van der Waals surface area contributed by atoms with Gasteiger partial charge in [-0.05, 0) is 36.2 Å². The molecule has 0 fully saturated rings. The van der Waals surface area contributed by atoms with E-state index in [1.165, 1.54) is 26.9 Å². The van der Waals surface area contributed by atoms with Crippen molar-refractivity contribution in [3.63, 3.8) is 0 Å². The number of hydrogen-bond acceptors (Lipinski definition) is 4. The van der Waals surface area contributed by atoms with E-state index in [0.29, 0.717) is 11.5 Å². The molecule has 1 N–H and O–H groups in total. The maximum absolute atomic E-state index is 4.91. The molecular weight excluding hydrogens is 272 g/mol. The summed E-state index contributed by atoms with van der Waals surface area (Å²) in [7, 11) is 0. The zero-order chi connectivity index (χ0) is 13.5. The highest BCUT2D eigenvalue weighted by atomic mass is 32.1. The number of thiophene rings is 1. The van der Waals surface area contributed by atoms with E-state index < -0.39 is 0 Å². The van der Waals surface area contributed by atoms with Crippen LogP contribution >= 0.6 is 22.7 Å². The first kappa shape index (κ1) is 13.3. The zero-order valence-corrected chi connectivity index (χ0v) is 13.3. The highest BCUT2D eigenvalue weighted by Crippen LogP contribution is 2.45. The quantitative estimate of drug-likeness (QED) is 0.901. The van der Waals surface area contributed by atoms with Gasteiger partial charge < -0.3 is 5.32 Å². The fourth-order valence-corrected chi connectivity index (χ4v) is 4.80. The van der Waals surface area contributed by atoms with Crippen molar-refractivity contribution in [2.24, 2.45) is 5.41 Å². The van der Waals surface area contributed by atoms with E-state index in [2.05, 4.69) is 43.6 Å². The lowest BCUT2D eigenvalue weighted by atomic mass is 9.76. The van der Waals surface area contributed by atoms with E-state index in [1.807, 2.05) is 11.3 Å². The minimum absolute atomic E-state index is 0.348. The van der Waals surface area contributed by atoms with Crippen molar-refractivity contribution in [2.45, 2.75) is 39.7 Å². The molecule has 1 unspecified atom stereocenters. The van der Waals surface area contributed by atoms with Crippen molar-refractivity contribution in [2.75, 3.05) is 6.54 Å². The topological polar surface area (TPSA) is 24.9 Å². The fraction of sp³-hybridized carbons (Fsp3) is 0.533. The summed E-state index contributed by atoms with van der Waals surface area (Å²) in [6, 6.07) is 4.75. The van der Waals surface area contributed by atoms with E-state index in [-0.39, 0.29) is 0 Å². The van der Waals surface area contributed by atoms with Crippen molar-refractivity contribution in [3.05, 3.63) is 28.1 Å². The maximum atomic E-state index is 4.91. The first-order valence-electron chi connectivity index (χ1n) is 6.86. The van der Waals surface area contributed by atoms with E-state index in [4.69, 9.17) is 4.98 Å². The summed E-state index contributed by atoms with van der Waals surface area (Å²) in [6.07, 6.45) is 2.31. The predicted molar refractivity (Wildman–Crippen MR) is 83.9 cm³/mol. The molecule has 1 atom stereocenters. The molecule has 0 amide bonds. The van der Waals surface area contributed by atoms with Gasteiger partial charge in [0.05, 0.1) is 10.6 Å². The lowest BCUT2D eigenvalue weighted by molar-refractivity contribution is 0.260. The standard InChI is InChI=1S/C15H20N2S2/c1-4-16-10-8-15(2,3)9-11-13(10)19-14(17-11)12-6-5-7-18-12/h5-7,10,16H,4,8-9H2,1-3H3. The molecule has 3 rings (SSSR count). The SMILES string of the molecule is CCNC1CC(C)(C)Cc2nc(-c3cccs3)sc21. The number of nitrogens with zero attached hydrogens (tertiary/aromatic N) is 1. The van der Waals surface area contributed by atoms with E-state index in [9.17, 15) is 0 Å². The normalized spacial score (nSPS) is 21.3. The zero-order valence-electron chi connectivity index (χ0n) is 11.7. The highest BCUT2D eigenvalue weighted by molar-refractivity contribution is 7.21. The number of nitrogens with one attached hydrogen (secondary N) is 1. The second kappa shape index (κ2) is 5.00. The summed E-state index contributed by atoms with van der Waals surface area (Å²) in [4.78, 5) is 7.67. The largest absolute Gasteiger partial charge is 0.309 e.